The molecule has 0 saturated heterocycles. The number of hydrogen-bond donors (Lipinski definition) is 2. The highest BCUT2D eigenvalue weighted by Gasteiger charge is 2.20. The van der Waals surface area contributed by atoms with Gasteiger partial charge in [0, 0.05) is 5.56 Å². The summed E-state index contributed by atoms with van der Waals surface area (Å²) in [5.74, 6) is 7.21. The summed E-state index contributed by atoms with van der Waals surface area (Å²) in [6.45, 7) is 4.91. The monoisotopic (exact) mass is 234 g/mol. The lowest BCUT2D eigenvalue weighted by molar-refractivity contribution is 0.168. The highest BCUT2D eigenvalue weighted by atomic mass is 16.6. The van der Waals surface area contributed by atoms with Crippen LogP contribution in [0.1, 0.15) is 24.4 Å². The van der Waals surface area contributed by atoms with Gasteiger partial charge in [0.05, 0.1) is 6.04 Å². The van der Waals surface area contributed by atoms with E-state index in [9.17, 15) is 0 Å². The van der Waals surface area contributed by atoms with Crippen LogP contribution in [0, 0.1) is 0 Å². The first kappa shape index (κ1) is 12.0. The molecular formula is C13H18N2O2. The molecule has 4 heteroatoms. The number of ether oxygens (including phenoxy) is 2. The van der Waals surface area contributed by atoms with Crippen LogP contribution in [0.3, 0.4) is 0 Å². The molecule has 0 fully saturated rings. The Labute approximate surface area is 101 Å². The predicted molar refractivity (Wildman–Crippen MR) is 66.9 cm³/mol. The standard InChI is InChI=1S/C13H18N2O2/c1-2-3-6-11(15-14)10-5-4-7-12-13(10)17-9-8-16-12/h2,4-5,7,11,15H,1,3,6,8-9,14H2. The highest BCUT2D eigenvalue weighted by molar-refractivity contribution is 5.48. The second-order valence-corrected chi connectivity index (χ2v) is 3.96. The Morgan fingerprint density at radius 1 is 1.41 bits per heavy atom. The van der Waals surface area contributed by atoms with E-state index in [1.807, 2.05) is 24.3 Å². The lowest BCUT2D eigenvalue weighted by Crippen LogP contribution is -2.29. The van der Waals surface area contributed by atoms with Crippen molar-refractivity contribution in [3.05, 3.63) is 36.4 Å². The number of fused-ring (bicyclic) bond motifs is 1. The van der Waals surface area contributed by atoms with E-state index < -0.39 is 0 Å². The Bertz CT molecular complexity index is 393. The van der Waals surface area contributed by atoms with Crippen LogP contribution < -0.4 is 20.7 Å². The Morgan fingerprint density at radius 2 is 2.24 bits per heavy atom. The lowest BCUT2D eigenvalue weighted by Gasteiger charge is -2.24. The minimum absolute atomic E-state index is 0.0599. The number of allylic oxidation sites excluding steroid dienone is 1. The van der Waals surface area contributed by atoms with Gasteiger partial charge in [0.15, 0.2) is 11.5 Å². The SMILES string of the molecule is C=CCCC(NN)c1cccc2c1OCCO2. The molecule has 1 atom stereocenters. The van der Waals surface area contributed by atoms with Gasteiger partial charge < -0.3 is 9.47 Å². The highest BCUT2D eigenvalue weighted by Crippen LogP contribution is 2.37. The van der Waals surface area contributed by atoms with Gasteiger partial charge in [0.25, 0.3) is 0 Å². The molecule has 1 aliphatic heterocycles. The number of rotatable bonds is 5. The summed E-state index contributed by atoms with van der Waals surface area (Å²) >= 11 is 0. The van der Waals surface area contributed by atoms with E-state index >= 15 is 0 Å². The number of benzene rings is 1. The Hall–Kier alpha value is -1.52. The van der Waals surface area contributed by atoms with Crippen molar-refractivity contribution in [1.82, 2.24) is 5.43 Å². The summed E-state index contributed by atoms with van der Waals surface area (Å²) in [5.41, 5.74) is 3.87. The molecule has 1 aromatic rings. The van der Waals surface area contributed by atoms with Gasteiger partial charge in [-0.1, -0.05) is 18.2 Å². The van der Waals surface area contributed by atoms with E-state index in [1.54, 1.807) is 0 Å². The first-order valence-corrected chi connectivity index (χ1v) is 5.82. The van der Waals surface area contributed by atoms with Gasteiger partial charge in [0.2, 0.25) is 0 Å². The lowest BCUT2D eigenvalue weighted by atomic mass is 10.0. The molecule has 0 aromatic heterocycles. The van der Waals surface area contributed by atoms with Crippen LogP contribution in [-0.4, -0.2) is 13.2 Å². The summed E-state index contributed by atoms with van der Waals surface area (Å²) in [5, 5.41) is 0. The zero-order valence-electron chi connectivity index (χ0n) is 9.82. The maximum Gasteiger partial charge on any atom is 0.166 e. The molecule has 3 N–H and O–H groups in total. The molecule has 0 radical (unpaired) electrons. The van der Waals surface area contributed by atoms with Crippen LogP contribution in [0.25, 0.3) is 0 Å². The minimum Gasteiger partial charge on any atom is -0.486 e. The van der Waals surface area contributed by atoms with Gasteiger partial charge in [0.1, 0.15) is 13.2 Å². The quantitative estimate of drug-likeness (QED) is 0.464. The van der Waals surface area contributed by atoms with Crippen molar-refractivity contribution < 1.29 is 9.47 Å². The molecule has 0 aliphatic carbocycles. The zero-order valence-corrected chi connectivity index (χ0v) is 9.82. The molecule has 1 unspecified atom stereocenters. The van der Waals surface area contributed by atoms with Crippen molar-refractivity contribution in [3.63, 3.8) is 0 Å². The maximum atomic E-state index is 5.67. The minimum atomic E-state index is 0.0599. The van der Waals surface area contributed by atoms with Crippen LogP contribution >= 0.6 is 0 Å². The largest absolute Gasteiger partial charge is 0.486 e. The summed E-state index contributed by atoms with van der Waals surface area (Å²) in [7, 11) is 0. The van der Waals surface area contributed by atoms with Crippen LogP contribution in [0.4, 0.5) is 0 Å². The van der Waals surface area contributed by atoms with Gasteiger partial charge in [-0.3, -0.25) is 11.3 Å². The van der Waals surface area contributed by atoms with Crippen molar-refractivity contribution in [2.75, 3.05) is 13.2 Å². The molecular weight excluding hydrogens is 216 g/mol. The summed E-state index contributed by atoms with van der Waals surface area (Å²) < 4.78 is 11.2. The molecule has 17 heavy (non-hydrogen) atoms. The molecule has 0 amide bonds. The van der Waals surface area contributed by atoms with Crippen molar-refractivity contribution in [2.45, 2.75) is 18.9 Å². The van der Waals surface area contributed by atoms with E-state index in [1.165, 1.54) is 0 Å². The number of nitrogens with one attached hydrogen (secondary N) is 1. The smallest absolute Gasteiger partial charge is 0.166 e. The molecule has 1 heterocycles. The fourth-order valence-corrected chi connectivity index (χ4v) is 1.98. The van der Waals surface area contributed by atoms with E-state index in [2.05, 4.69) is 12.0 Å². The third kappa shape index (κ3) is 2.60. The van der Waals surface area contributed by atoms with Crippen molar-refractivity contribution in [2.24, 2.45) is 5.84 Å². The van der Waals surface area contributed by atoms with Crippen LogP contribution in [0.15, 0.2) is 30.9 Å². The predicted octanol–water partition coefficient (Wildman–Crippen LogP) is 1.93. The average Bonchev–Trinajstić information content (AvgIpc) is 2.40. The van der Waals surface area contributed by atoms with Crippen LogP contribution in [0.2, 0.25) is 0 Å². The third-order valence-corrected chi connectivity index (χ3v) is 2.83. The van der Waals surface area contributed by atoms with E-state index in [4.69, 9.17) is 15.3 Å². The van der Waals surface area contributed by atoms with E-state index in [0.29, 0.717) is 13.2 Å². The summed E-state index contributed by atoms with van der Waals surface area (Å²) in [6.07, 6.45) is 3.68. The topological polar surface area (TPSA) is 56.5 Å². The van der Waals surface area contributed by atoms with Crippen molar-refractivity contribution >= 4 is 0 Å². The normalized spacial score (nSPS) is 15.4. The fraction of sp³-hybridized carbons (Fsp3) is 0.385. The zero-order chi connectivity index (χ0) is 12.1. The van der Waals surface area contributed by atoms with Crippen LogP contribution in [-0.2, 0) is 0 Å². The molecule has 0 bridgehead atoms. The molecule has 1 aliphatic rings. The first-order valence-electron chi connectivity index (χ1n) is 5.82. The van der Waals surface area contributed by atoms with Gasteiger partial charge in [-0.25, -0.2) is 0 Å². The summed E-state index contributed by atoms with van der Waals surface area (Å²) in [6, 6.07) is 5.95. The second-order valence-electron chi connectivity index (χ2n) is 3.96. The third-order valence-electron chi connectivity index (χ3n) is 2.83. The second kappa shape index (κ2) is 5.70. The van der Waals surface area contributed by atoms with E-state index in [-0.39, 0.29) is 6.04 Å². The molecule has 2 rings (SSSR count). The Balaban J connectivity index is 2.26. The molecule has 4 nitrogen and oxygen atoms in total. The van der Waals surface area contributed by atoms with E-state index in [0.717, 1.165) is 29.9 Å². The molecule has 0 saturated carbocycles. The summed E-state index contributed by atoms with van der Waals surface area (Å²) in [4.78, 5) is 0. The molecule has 0 spiro atoms. The number of hydrazine groups is 1. The van der Waals surface area contributed by atoms with Crippen molar-refractivity contribution in [1.29, 1.82) is 0 Å². The molecule has 92 valence electrons. The first-order chi connectivity index (χ1) is 8.36. The molecule has 1 aromatic carbocycles. The van der Waals surface area contributed by atoms with Gasteiger partial charge in [-0.05, 0) is 18.9 Å². The van der Waals surface area contributed by atoms with Gasteiger partial charge >= 0.3 is 0 Å². The van der Waals surface area contributed by atoms with Gasteiger partial charge in [-0.2, -0.15) is 0 Å². The van der Waals surface area contributed by atoms with Gasteiger partial charge in [-0.15, -0.1) is 6.58 Å². The number of nitrogens with two attached hydrogens (primary N) is 1. The van der Waals surface area contributed by atoms with Crippen LogP contribution in [0.5, 0.6) is 11.5 Å². The average molecular weight is 234 g/mol. The number of hydrogen-bond acceptors (Lipinski definition) is 4. The number of para-hydroxylation sites is 1. The Kier molecular flexibility index (Phi) is 4.01. The Morgan fingerprint density at radius 3 is 3.00 bits per heavy atom. The maximum absolute atomic E-state index is 5.67. The van der Waals surface area contributed by atoms with Crippen molar-refractivity contribution in [3.8, 4) is 11.5 Å². The fourth-order valence-electron chi connectivity index (χ4n) is 1.98.